The average Bonchev–Trinajstić information content (AvgIpc) is 2.96. The summed E-state index contributed by atoms with van der Waals surface area (Å²) in [6, 6.07) is 31.5. The molecule has 2 nitrogen and oxygen atoms in total. The highest BCUT2D eigenvalue weighted by atomic mass is 15.2. The van der Waals surface area contributed by atoms with Gasteiger partial charge in [-0.05, 0) is 111 Å². The summed E-state index contributed by atoms with van der Waals surface area (Å²) in [6.07, 6.45) is 17.6. The van der Waals surface area contributed by atoms with Gasteiger partial charge in [0, 0.05) is 34.1 Å². The second-order valence-electron chi connectivity index (χ2n) is 10.3. The Hall–Kier alpha value is -4.30. The van der Waals surface area contributed by atoms with Crippen molar-refractivity contribution in [3.63, 3.8) is 0 Å². The number of aryl methyl sites for hydroxylation is 2. The lowest BCUT2D eigenvalue weighted by Crippen LogP contribution is -2.18. The quantitative estimate of drug-likeness (QED) is 0.263. The number of hydrogen-bond acceptors (Lipinski definition) is 2. The summed E-state index contributed by atoms with van der Waals surface area (Å²) in [5.74, 6) is 0. The van der Waals surface area contributed by atoms with Crippen LogP contribution in [0.1, 0.15) is 36.8 Å². The molecule has 188 valence electrons. The Morgan fingerprint density at radius 1 is 0.474 bits per heavy atom. The second kappa shape index (κ2) is 10.6. The predicted octanol–water partition coefficient (Wildman–Crippen LogP) is 10.2. The van der Waals surface area contributed by atoms with Crippen molar-refractivity contribution in [2.75, 3.05) is 9.80 Å². The van der Waals surface area contributed by atoms with Gasteiger partial charge >= 0.3 is 0 Å². The van der Waals surface area contributed by atoms with Crippen LogP contribution in [0.3, 0.4) is 0 Å². The van der Waals surface area contributed by atoms with Gasteiger partial charge < -0.3 is 9.80 Å². The molecule has 0 amide bonds. The first-order chi connectivity index (χ1) is 18.7. The highest BCUT2D eigenvalue weighted by Gasteiger charge is 2.18. The highest BCUT2D eigenvalue weighted by Crippen LogP contribution is 2.38. The second-order valence-corrected chi connectivity index (χ2v) is 10.3. The molecule has 0 saturated heterocycles. The van der Waals surface area contributed by atoms with Gasteiger partial charge in [-0.2, -0.15) is 0 Å². The monoisotopic (exact) mass is 494 g/mol. The summed E-state index contributed by atoms with van der Waals surface area (Å²) in [6.45, 7) is 4.29. The zero-order chi connectivity index (χ0) is 25.9. The Morgan fingerprint density at radius 3 is 1.24 bits per heavy atom. The van der Waals surface area contributed by atoms with E-state index in [1.807, 2.05) is 0 Å². The third kappa shape index (κ3) is 4.95. The Bertz CT molecular complexity index is 1450. The molecule has 4 aromatic rings. The molecule has 0 bridgehead atoms. The van der Waals surface area contributed by atoms with Crippen molar-refractivity contribution in [3.8, 4) is 0 Å². The van der Waals surface area contributed by atoms with E-state index in [0.29, 0.717) is 0 Å². The maximum Gasteiger partial charge on any atom is 0.0464 e. The van der Waals surface area contributed by atoms with Gasteiger partial charge in [-0.25, -0.2) is 0 Å². The van der Waals surface area contributed by atoms with Crippen LogP contribution in [0.25, 0.3) is 10.8 Å². The van der Waals surface area contributed by atoms with Crippen molar-refractivity contribution < 1.29 is 0 Å². The van der Waals surface area contributed by atoms with Crippen LogP contribution in [0.2, 0.25) is 0 Å². The summed E-state index contributed by atoms with van der Waals surface area (Å²) >= 11 is 0. The summed E-state index contributed by atoms with van der Waals surface area (Å²) in [5, 5.41) is 2.49. The Balaban J connectivity index is 1.41. The molecule has 0 N–H and O–H groups in total. The highest BCUT2D eigenvalue weighted by molar-refractivity contribution is 5.91. The molecule has 0 unspecified atom stereocenters. The van der Waals surface area contributed by atoms with E-state index >= 15 is 0 Å². The van der Waals surface area contributed by atoms with Crippen molar-refractivity contribution >= 4 is 33.5 Å². The van der Waals surface area contributed by atoms with Crippen LogP contribution in [0.5, 0.6) is 0 Å². The van der Waals surface area contributed by atoms with Gasteiger partial charge in [0.05, 0.1) is 0 Å². The van der Waals surface area contributed by atoms with Crippen LogP contribution in [0.4, 0.5) is 22.7 Å². The van der Waals surface area contributed by atoms with Gasteiger partial charge in [0.15, 0.2) is 0 Å². The Kier molecular flexibility index (Phi) is 6.71. The molecule has 0 aliphatic heterocycles. The third-order valence-electron chi connectivity index (χ3n) is 7.47. The van der Waals surface area contributed by atoms with Gasteiger partial charge in [0.25, 0.3) is 0 Å². The number of rotatable bonds is 6. The van der Waals surface area contributed by atoms with Crippen molar-refractivity contribution in [2.45, 2.75) is 39.5 Å². The number of benzene rings is 4. The molecule has 0 spiro atoms. The van der Waals surface area contributed by atoms with E-state index in [1.54, 1.807) is 0 Å². The lowest BCUT2D eigenvalue weighted by atomic mass is 10.0. The fraction of sp³-hybridized carbons (Fsp3) is 0.167. The van der Waals surface area contributed by atoms with Crippen LogP contribution in [0.15, 0.2) is 133 Å². The summed E-state index contributed by atoms with van der Waals surface area (Å²) < 4.78 is 0. The van der Waals surface area contributed by atoms with Crippen molar-refractivity contribution in [1.82, 2.24) is 0 Å². The lowest BCUT2D eigenvalue weighted by molar-refractivity contribution is 0.917. The molecular formula is C36H34N2. The molecule has 2 aliphatic rings. The van der Waals surface area contributed by atoms with E-state index < -0.39 is 0 Å². The van der Waals surface area contributed by atoms with Crippen molar-refractivity contribution in [1.29, 1.82) is 0 Å². The summed E-state index contributed by atoms with van der Waals surface area (Å²) in [4.78, 5) is 4.82. The molecule has 0 aromatic heterocycles. The summed E-state index contributed by atoms with van der Waals surface area (Å²) in [5.41, 5.74) is 10.0. The van der Waals surface area contributed by atoms with E-state index in [9.17, 15) is 0 Å². The zero-order valence-electron chi connectivity index (χ0n) is 22.3. The topological polar surface area (TPSA) is 6.48 Å². The van der Waals surface area contributed by atoms with Crippen LogP contribution in [0, 0.1) is 13.8 Å². The predicted molar refractivity (Wildman–Crippen MR) is 163 cm³/mol. The van der Waals surface area contributed by atoms with Crippen molar-refractivity contribution in [2.24, 2.45) is 0 Å². The lowest BCUT2D eigenvalue weighted by Gasteiger charge is -2.30. The normalized spacial score (nSPS) is 14.8. The zero-order valence-corrected chi connectivity index (χ0v) is 22.3. The van der Waals surface area contributed by atoms with Crippen LogP contribution >= 0.6 is 0 Å². The molecule has 2 heteroatoms. The number of fused-ring (bicyclic) bond motifs is 1. The van der Waals surface area contributed by atoms with E-state index in [4.69, 9.17) is 0 Å². The molecular weight excluding hydrogens is 460 g/mol. The number of anilines is 4. The van der Waals surface area contributed by atoms with Crippen LogP contribution in [-0.2, 0) is 0 Å². The molecule has 0 saturated carbocycles. The molecule has 6 rings (SSSR count). The van der Waals surface area contributed by atoms with E-state index in [2.05, 4.69) is 145 Å². The van der Waals surface area contributed by atoms with E-state index in [0.717, 1.165) is 25.7 Å². The first-order valence-corrected chi connectivity index (χ1v) is 13.6. The van der Waals surface area contributed by atoms with E-state index in [1.165, 1.54) is 56.0 Å². The maximum absolute atomic E-state index is 2.41. The SMILES string of the molecule is Cc1ccc(N(C2=CC=CCC2)c2ccc3cc(N(C4=CC=CCC4)c4ccc(C)cc4)ccc3c2)cc1. The molecule has 0 radical (unpaired) electrons. The number of hydrogen-bond donors (Lipinski definition) is 0. The van der Waals surface area contributed by atoms with Gasteiger partial charge in [-0.3, -0.25) is 0 Å². The fourth-order valence-corrected chi connectivity index (χ4v) is 5.40. The molecule has 2 aliphatic carbocycles. The Labute approximate surface area is 226 Å². The molecule has 0 heterocycles. The van der Waals surface area contributed by atoms with Gasteiger partial charge in [-0.15, -0.1) is 0 Å². The number of allylic oxidation sites excluding steroid dienone is 8. The fourth-order valence-electron chi connectivity index (χ4n) is 5.40. The van der Waals surface area contributed by atoms with Gasteiger partial charge in [-0.1, -0.05) is 71.8 Å². The van der Waals surface area contributed by atoms with E-state index in [-0.39, 0.29) is 0 Å². The molecule has 0 fully saturated rings. The average molecular weight is 495 g/mol. The minimum absolute atomic E-state index is 1.04. The minimum atomic E-state index is 1.04. The van der Waals surface area contributed by atoms with Crippen LogP contribution < -0.4 is 9.80 Å². The standard InChI is InChI=1S/C36H34N2/c1-27-13-19-33(20-14-27)37(31-9-5-3-6-10-31)35-23-17-30-26-36(24-18-29(30)25-35)38(32-11-7-4-8-12-32)34-21-15-28(2)16-22-34/h3-5,7,9,11,13-26H,6,8,10,12H2,1-2H3. The molecule has 0 atom stereocenters. The first kappa shape index (κ1) is 24.1. The minimum Gasteiger partial charge on any atom is -0.314 e. The Morgan fingerprint density at radius 2 is 0.868 bits per heavy atom. The largest absolute Gasteiger partial charge is 0.314 e. The first-order valence-electron chi connectivity index (χ1n) is 13.6. The summed E-state index contributed by atoms with van der Waals surface area (Å²) in [7, 11) is 0. The van der Waals surface area contributed by atoms with Gasteiger partial charge in [0.1, 0.15) is 0 Å². The molecule has 38 heavy (non-hydrogen) atoms. The van der Waals surface area contributed by atoms with Gasteiger partial charge in [0.2, 0.25) is 0 Å². The third-order valence-corrected chi connectivity index (χ3v) is 7.47. The molecule has 4 aromatic carbocycles. The maximum atomic E-state index is 2.41. The van der Waals surface area contributed by atoms with Crippen molar-refractivity contribution in [3.05, 3.63) is 144 Å². The number of nitrogens with zero attached hydrogens (tertiary/aromatic N) is 2. The van der Waals surface area contributed by atoms with Crippen LogP contribution in [-0.4, -0.2) is 0 Å². The smallest absolute Gasteiger partial charge is 0.0464 e.